The molecule has 0 saturated heterocycles. The minimum absolute atomic E-state index is 0.364. The van der Waals surface area contributed by atoms with Gasteiger partial charge < -0.3 is 4.57 Å². The summed E-state index contributed by atoms with van der Waals surface area (Å²) in [6, 6.07) is 45.8. The van der Waals surface area contributed by atoms with Gasteiger partial charge in [-0.1, -0.05) is 115 Å². The van der Waals surface area contributed by atoms with Gasteiger partial charge in [0.2, 0.25) is 0 Å². The average molecular weight is 584 g/mol. The van der Waals surface area contributed by atoms with Crippen molar-refractivity contribution in [3.05, 3.63) is 139 Å². The molecule has 0 amide bonds. The first kappa shape index (κ1) is 25.4. The van der Waals surface area contributed by atoms with Crippen LogP contribution in [0.2, 0.25) is 0 Å². The van der Waals surface area contributed by atoms with Crippen LogP contribution in [0.1, 0.15) is 31.1 Å². The first-order valence-corrected chi connectivity index (χ1v) is 16.2. The quantitative estimate of drug-likeness (QED) is 0.206. The highest BCUT2D eigenvalue weighted by Gasteiger charge is 2.25. The first-order valence-electron chi connectivity index (χ1n) is 15.3. The second-order valence-electron chi connectivity index (χ2n) is 11.7. The summed E-state index contributed by atoms with van der Waals surface area (Å²) in [5, 5.41) is 5.39. The van der Waals surface area contributed by atoms with Crippen LogP contribution >= 0.6 is 11.3 Å². The Labute approximate surface area is 259 Å². The van der Waals surface area contributed by atoms with Crippen molar-refractivity contribution in [1.29, 1.82) is 0 Å². The third-order valence-electron chi connectivity index (χ3n) is 9.12. The molecule has 1 atom stereocenters. The Morgan fingerprint density at radius 3 is 1.95 bits per heavy atom. The highest BCUT2D eigenvalue weighted by molar-refractivity contribution is 7.26. The molecule has 210 valence electrons. The summed E-state index contributed by atoms with van der Waals surface area (Å²) in [6.45, 7) is 0. The molecule has 0 saturated carbocycles. The molecule has 0 bridgehead atoms. The van der Waals surface area contributed by atoms with Crippen molar-refractivity contribution in [2.45, 2.75) is 25.3 Å². The molecule has 4 heteroatoms. The fourth-order valence-electron chi connectivity index (χ4n) is 7.00. The number of rotatable bonds is 4. The molecule has 8 aromatic rings. The van der Waals surface area contributed by atoms with Gasteiger partial charge in [-0.3, -0.25) is 0 Å². The number of fused-ring (bicyclic) bond motifs is 7. The summed E-state index contributed by atoms with van der Waals surface area (Å²) in [7, 11) is 0. The molecule has 1 aliphatic rings. The highest BCUT2D eigenvalue weighted by atomic mass is 32.1. The second-order valence-corrected chi connectivity index (χ2v) is 12.7. The fourth-order valence-corrected chi connectivity index (χ4v) is 8.25. The maximum Gasteiger partial charge on any atom is 0.156 e. The molecule has 9 rings (SSSR count). The molecule has 44 heavy (non-hydrogen) atoms. The number of para-hydroxylation sites is 1. The molecule has 0 fully saturated rings. The molecular formula is C40H29N3S. The molecule has 3 nitrogen and oxygen atoms in total. The van der Waals surface area contributed by atoms with Gasteiger partial charge in [-0.25, -0.2) is 9.97 Å². The van der Waals surface area contributed by atoms with Gasteiger partial charge in [-0.2, -0.15) is 0 Å². The van der Waals surface area contributed by atoms with Crippen LogP contribution in [-0.2, 0) is 0 Å². The van der Waals surface area contributed by atoms with Crippen LogP contribution < -0.4 is 0 Å². The van der Waals surface area contributed by atoms with Gasteiger partial charge in [-0.15, -0.1) is 11.3 Å². The zero-order chi connectivity index (χ0) is 29.0. The Kier molecular flexibility index (Phi) is 5.95. The Bertz CT molecular complexity index is 2310. The molecular weight excluding hydrogens is 555 g/mol. The summed E-state index contributed by atoms with van der Waals surface area (Å²) in [4.78, 5) is 10.2. The lowest BCUT2D eigenvalue weighted by molar-refractivity contribution is 0.490. The molecule has 0 radical (unpaired) electrons. The predicted octanol–water partition coefficient (Wildman–Crippen LogP) is 11.1. The maximum atomic E-state index is 5.12. The summed E-state index contributed by atoms with van der Waals surface area (Å²) in [6.07, 6.45) is 5.33. The third kappa shape index (κ3) is 4.10. The number of aromatic nitrogens is 3. The van der Waals surface area contributed by atoms with Crippen LogP contribution in [0.3, 0.4) is 0 Å². The smallest absolute Gasteiger partial charge is 0.156 e. The zero-order valence-corrected chi connectivity index (χ0v) is 25.0. The molecule has 1 aliphatic carbocycles. The summed E-state index contributed by atoms with van der Waals surface area (Å²) in [5.74, 6) is 0.845. The van der Waals surface area contributed by atoms with E-state index >= 15 is 0 Å². The van der Waals surface area contributed by atoms with Crippen molar-refractivity contribution in [2.75, 3.05) is 0 Å². The van der Waals surface area contributed by atoms with E-state index in [1.54, 1.807) is 0 Å². The highest BCUT2D eigenvalue weighted by Crippen LogP contribution is 2.45. The molecule has 1 unspecified atom stereocenters. The largest absolute Gasteiger partial charge is 0.336 e. The van der Waals surface area contributed by atoms with Gasteiger partial charge in [0.15, 0.2) is 5.82 Å². The van der Waals surface area contributed by atoms with E-state index in [9.17, 15) is 0 Å². The molecule has 0 spiro atoms. The number of allylic oxidation sites excluding steroid dienone is 2. The minimum atomic E-state index is 0.364. The van der Waals surface area contributed by atoms with Crippen LogP contribution in [0.25, 0.3) is 70.1 Å². The van der Waals surface area contributed by atoms with Crippen molar-refractivity contribution >= 4 is 58.9 Å². The number of hydrogen-bond donors (Lipinski definition) is 0. The molecule has 3 heterocycles. The number of benzene rings is 5. The SMILES string of the molecule is C1=C(c2nc(-c3ccccc3)cc(-c3ccccc3)n2)CCC(n2c3ccccc3c3ccc4c5ccccc5sc4c32)C1. The number of nitrogens with zero attached hydrogens (tertiary/aromatic N) is 3. The van der Waals surface area contributed by atoms with E-state index in [0.29, 0.717) is 6.04 Å². The summed E-state index contributed by atoms with van der Waals surface area (Å²) in [5.41, 5.74) is 8.09. The monoisotopic (exact) mass is 583 g/mol. The van der Waals surface area contributed by atoms with Crippen molar-refractivity contribution < 1.29 is 0 Å². The molecule has 3 aromatic heterocycles. The van der Waals surface area contributed by atoms with Gasteiger partial charge in [0.25, 0.3) is 0 Å². The third-order valence-corrected chi connectivity index (χ3v) is 10.3. The number of thiophene rings is 1. The lowest BCUT2D eigenvalue weighted by Gasteiger charge is -2.25. The van der Waals surface area contributed by atoms with E-state index in [4.69, 9.17) is 9.97 Å². The van der Waals surface area contributed by atoms with Crippen LogP contribution in [-0.4, -0.2) is 14.5 Å². The summed E-state index contributed by atoms with van der Waals surface area (Å²) >= 11 is 1.92. The van der Waals surface area contributed by atoms with Gasteiger partial charge >= 0.3 is 0 Å². The fraction of sp³-hybridized carbons (Fsp3) is 0.100. The average Bonchev–Trinajstić information content (AvgIpc) is 3.65. The predicted molar refractivity (Wildman–Crippen MR) is 186 cm³/mol. The Morgan fingerprint density at radius 2 is 1.25 bits per heavy atom. The maximum absolute atomic E-state index is 5.12. The molecule has 0 N–H and O–H groups in total. The van der Waals surface area contributed by atoms with Crippen LogP contribution in [0.5, 0.6) is 0 Å². The van der Waals surface area contributed by atoms with Crippen LogP contribution in [0.4, 0.5) is 0 Å². The van der Waals surface area contributed by atoms with Gasteiger partial charge in [0.05, 0.1) is 21.6 Å². The van der Waals surface area contributed by atoms with E-state index < -0.39 is 0 Å². The standard InChI is InChI=1S/C40H29N3S/c1-3-11-26(12-4-1)34-25-35(27-13-5-2-6-14-27)42-40(41-34)28-19-21-29(22-20-28)43-36-17-9-7-15-30(36)32-23-24-33-31-16-8-10-18-37(31)44-39(33)38(32)43/h1-19,23-25,29H,20-22H2. The van der Waals surface area contributed by atoms with E-state index in [1.807, 2.05) is 11.3 Å². The topological polar surface area (TPSA) is 30.7 Å². The molecule has 5 aromatic carbocycles. The van der Waals surface area contributed by atoms with E-state index in [0.717, 1.165) is 47.6 Å². The summed E-state index contributed by atoms with van der Waals surface area (Å²) < 4.78 is 5.38. The van der Waals surface area contributed by atoms with Crippen molar-refractivity contribution in [1.82, 2.24) is 14.5 Å². The number of hydrogen-bond acceptors (Lipinski definition) is 3. The lowest BCUT2D eigenvalue weighted by atomic mass is 9.93. The minimum Gasteiger partial charge on any atom is -0.336 e. The zero-order valence-electron chi connectivity index (χ0n) is 24.2. The Hall–Kier alpha value is -5.06. The van der Waals surface area contributed by atoms with Gasteiger partial charge in [-0.05, 0) is 43.0 Å². The van der Waals surface area contributed by atoms with Gasteiger partial charge in [0.1, 0.15) is 0 Å². The van der Waals surface area contributed by atoms with Crippen molar-refractivity contribution in [3.63, 3.8) is 0 Å². The second kappa shape index (κ2) is 10.3. The van der Waals surface area contributed by atoms with Crippen molar-refractivity contribution in [3.8, 4) is 22.5 Å². The van der Waals surface area contributed by atoms with Crippen LogP contribution in [0, 0.1) is 0 Å². The molecule has 0 aliphatic heterocycles. The van der Waals surface area contributed by atoms with Crippen molar-refractivity contribution in [2.24, 2.45) is 0 Å². The van der Waals surface area contributed by atoms with Gasteiger partial charge in [0, 0.05) is 48.9 Å². The normalized spacial score (nSPS) is 15.4. The van der Waals surface area contributed by atoms with E-state index in [-0.39, 0.29) is 0 Å². The Balaban J connectivity index is 1.17. The first-order chi connectivity index (χ1) is 21.8. The Morgan fingerprint density at radius 1 is 0.614 bits per heavy atom. The van der Waals surface area contributed by atoms with E-state index in [1.165, 1.54) is 47.6 Å². The van der Waals surface area contributed by atoms with Crippen LogP contribution in [0.15, 0.2) is 133 Å². The lowest BCUT2D eigenvalue weighted by Crippen LogP contribution is -2.13. The van der Waals surface area contributed by atoms with E-state index in [2.05, 4.69) is 138 Å².